The molecule has 0 saturated carbocycles. The van der Waals surface area contributed by atoms with Crippen molar-refractivity contribution in [2.24, 2.45) is 11.5 Å². The minimum atomic E-state index is -0.106. The molecule has 3 nitrogen and oxygen atoms in total. The van der Waals surface area contributed by atoms with Crippen LogP contribution in [0.5, 0.6) is 0 Å². The average molecular weight is 516 g/mol. The third-order valence-corrected chi connectivity index (χ3v) is 4.87. The van der Waals surface area contributed by atoms with Crippen LogP contribution in [0.1, 0.15) is 56.6 Å². The molecule has 0 aromatic heterocycles. The van der Waals surface area contributed by atoms with Crippen molar-refractivity contribution in [2.45, 2.75) is 53.6 Å². The molecule has 0 aliphatic rings. The molecular weight excluding hydrogens is 484 g/mol. The van der Waals surface area contributed by atoms with Gasteiger partial charge in [-0.3, -0.25) is 0 Å². The minimum absolute atomic E-state index is 0.0759. The van der Waals surface area contributed by atoms with Crippen molar-refractivity contribution in [3.63, 3.8) is 0 Å². The summed E-state index contributed by atoms with van der Waals surface area (Å²) >= 11 is -0.106. The summed E-state index contributed by atoms with van der Waals surface area (Å²) in [6.07, 6.45) is 0. The quantitative estimate of drug-likeness (QED) is 0.464. The molecular formula is C22H32Cl2N3Pd-. The second-order valence-electron chi connectivity index (χ2n) is 7.47. The third kappa shape index (κ3) is 7.43. The Kier molecular flexibility index (Phi) is 11.2. The molecule has 0 saturated heterocycles. The first-order valence-electron chi connectivity index (χ1n) is 9.24. The predicted octanol–water partition coefficient (Wildman–Crippen LogP) is 5.99. The van der Waals surface area contributed by atoms with Gasteiger partial charge in [-0.1, -0.05) is 35.4 Å². The fraction of sp³-hybridized carbons (Fsp3) is 0.455. The summed E-state index contributed by atoms with van der Waals surface area (Å²) in [6, 6.07) is 8.60. The maximum absolute atomic E-state index is 6.42. The summed E-state index contributed by atoms with van der Waals surface area (Å²) in [4.78, 5) is 0. The van der Waals surface area contributed by atoms with E-state index in [-0.39, 0.29) is 28.0 Å². The van der Waals surface area contributed by atoms with Gasteiger partial charge in [0.25, 0.3) is 0 Å². The summed E-state index contributed by atoms with van der Waals surface area (Å²) < 4.78 is 0. The van der Waals surface area contributed by atoms with E-state index >= 15 is 0 Å². The monoisotopic (exact) mass is 514 g/mol. The van der Waals surface area contributed by atoms with Gasteiger partial charge in [0.05, 0.1) is 0 Å². The Balaban J connectivity index is 0.00000122. The van der Waals surface area contributed by atoms with Crippen molar-refractivity contribution in [1.82, 2.24) is 0 Å². The average Bonchev–Trinajstić information content (AvgIpc) is 2.53. The Labute approximate surface area is 186 Å². The molecule has 2 atom stereocenters. The number of rotatable bonds is 6. The van der Waals surface area contributed by atoms with E-state index in [1.54, 1.807) is 0 Å². The zero-order valence-electron chi connectivity index (χ0n) is 17.6. The molecule has 2 unspecified atom stereocenters. The number of halogens is 2. The van der Waals surface area contributed by atoms with E-state index in [1.165, 1.54) is 44.5 Å². The van der Waals surface area contributed by atoms with Crippen LogP contribution in [0.15, 0.2) is 24.3 Å². The summed E-state index contributed by atoms with van der Waals surface area (Å²) in [5.41, 5.74) is 22.8. The van der Waals surface area contributed by atoms with Crippen molar-refractivity contribution in [1.29, 1.82) is 0 Å². The third-order valence-electron chi connectivity index (χ3n) is 4.87. The predicted molar refractivity (Wildman–Crippen MR) is 120 cm³/mol. The van der Waals surface area contributed by atoms with E-state index < -0.39 is 0 Å². The molecule has 0 aliphatic heterocycles. The molecule has 0 spiro atoms. The van der Waals surface area contributed by atoms with E-state index in [1.807, 2.05) is 0 Å². The van der Waals surface area contributed by atoms with Gasteiger partial charge in [-0.15, -0.1) is 13.1 Å². The van der Waals surface area contributed by atoms with E-state index in [0.717, 1.165) is 0 Å². The van der Waals surface area contributed by atoms with E-state index in [0.29, 0.717) is 13.1 Å². The standard InChI is InChI=1S/C22H32N3.2ClH.Pd/c1-13-7-15(3)21(16(4)8-13)19(23)11-25-12-20(24)22-17(5)9-14(2)10-18(22)6;;;/h7-10,19-20H,11-12,23-24H2,1-6H3;2*1H;/q-1;;;+2/p-2. The van der Waals surface area contributed by atoms with Gasteiger partial charge in [0.1, 0.15) is 0 Å². The summed E-state index contributed by atoms with van der Waals surface area (Å²) in [7, 11) is 9.63. The van der Waals surface area contributed by atoms with Crippen LogP contribution >= 0.6 is 19.1 Å². The van der Waals surface area contributed by atoms with Crippen LogP contribution in [0, 0.1) is 41.5 Å². The first-order valence-corrected chi connectivity index (χ1v) is 13.2. The second kappa shape index (κ2) is 12.3. The Bertz CT molecular complexity index is 671. The van der Waals surface area contributed by atoms with Gasteiger partial charge < -0.3 is 16.8 Å². The number of aryl methyl sites for hydroxylation is 6. The van der Waals surface area contributed by atoms with Gasteiger partial charge in [0.15, 0.2) is 0 Å². The maximum atomic E-state index is 6.42. The fourth-order valence-electron chi connectivity index (χ4n) is 4.09. The van der Waals surface area contributed by atoms with E-state index in [4.69, 9.17) is 30.5 Å². The molecule has 6 heteroatoms. The van der Waals surface area contributed by atoms with Crippen LogP contribution in [-0.4, -0.2) is 13.1 Å². The second-order valence-corrected chi connectivity index (χ2v) is 9.83. The molecule has 0 bridgehead atoms. The number of hydrogen-bond acceptors (Lipinski definition) is 2. The molecule has 0 fully saturated rings. The van der Waals surface area contributed by atoms with Gasteiger partial charge in [-0.05, 0) is 74.9 Å². The summed E-state index contributed by atoms with van der Waals surface area (Å²) in [5.74, 6) is 0. The van der Waals surface area contributed by atoms with Crippen LogP contribution in [0.25, 0.3) is 5.32 Å². The fourth-order valence-corrected chi connectivity index (χ4v) is 4.09. The topological polar surface area (TPSA) is 66.1 Å². The van der Waals surface area contributed by atoms with Crippen molar-refractivity contribution >= 4 is 19.1 Å². The first-order chi connectivity index (χ1) is 13.1. The Morgan fingerprint density at radius 1 is 0.714 bits per heavy atom. The molecule has 160 valence electrons. The van der Waals surface area contributed by atoms with Crippen molar-refractivity contribution in [3.05, 3.63) is 74.1 Å². The molecule has 0 heterocycles. The molecule has 0 amide bonds. The van der Waals surface area contributed by atoms with E-state index in [2.05, 4.69) is 71.1 Å². The van der Waals surface area contributed by atoms with Crippen LogP contribution in [-0.2, 0) is 15.9 Å². The van der Waals surface area contributed by atoms with Crippen molar-refractivity contribution < 1.29 is 15.9 Å². The van der Waals surface area contributed by atoms with Crippen LogP contribution in [0.4, 0.5) is 0 Å². The number of hydrogen-bond donors (Lipinski definition) is 2. The zero-order chi connectivity index (χ0) is 21.4. The number of nitrogens with two attached hydrogens (primary N) is 2. The van der Waals surface area contributed by atoms with Crippen LogP contribution < -0.4 is 11.5 Å². The van der Waals surface area contributed by atoms with Gasteiger partial charge in [0.2, 0.25) is 0 Å². The first kappa shape index (κ1) is 25.6. The molecule has 2 rings (SSSR count). The normalized spacial score (nSPS) is 13.1. The van der Waals surface area contributed by atoms with Crippen molar-refractivity contribution in [2.75, 3.05) is 13.1 Å². The zero-order valence-corrected chi connectivity index (χ0v) is 20.6. The van der Waals surface area contributed by atoms with Crippen molar-refractivity contribution in [3.8, 4) is 0 Å². The van der Waals surface area contributed by atoms with Gasteiger partial charge in [-0.2, -0.15) is 0 Å². The molecule has 2 aromatic rings. The molecule has 28 heavy (non-hydrogen) atoms. The molecule has 0 radical (unpaired) electrons. The molecule has 4 N–H and O–H groups in total. The molecule has 2 aromatic carbocycles. The Hall–Kier alpha value is -0.438. The summed E-state index contributed by atoms with van der Waals surface area (Å²) in [5, 5.41) is 4.68. The summed E-state index contributed by atoms with van der Waals surface area (Å²) in [6.45, 7) is 13.9. The van der Waals surface area contributed by atoms with Crippen LogP contribution in [0.3, 0.4) is 0 Å². The number of benzene rings is 2. The van der Waals surface area contributed by atoms with Gasteiger partial charge in [-0.25, -0.2) is 0 Å². The van der Waals surface area contributed by atoms with Gasteiger partial charge >= 0.3 is 35.0 Å². The van der Waals surface area contributed by atoms with Gasteiger partial charge in [0, 0.05) is 12.1 Å². The number of nitrogens with zero attached hydrogens (tertiary/aromatic N) is 1. The van der Waals surface area contributed by atoms with Crippen LogP contribution in [0.2, 0.25) is 0 Å². The Morgan fingerprint density at radius 3 is 1.21 bits per heavy atom. The molecule has 0 aliphatic carbocycles. The Morgan fingerprint density at radius 2 is 0.964 bits per heavy atom. The van der Waals surface area contributed by atoms with E-state index in [9.17, 15) is 0 Å². The SMILES string of the molecule is Cc1cc(C)c(C(N)C[N-]CC(N)c2c(C)cc(C)cc2C)c(C)c1.[Cl][Pd][Cl].